The Kier molecular flexibility index (Phi) is 5.64. The Bertz CT molecular complexity index is 740. The van der Waals surface area contributed by atoms with Gasteiger partial charge in [0.05, 0.1) is 6.42 Å². The molecule has 0 aliphatic carbocycles. The Morgan fingerprint density at radius 1 is 1.00 bits per heavy atom. The Balaban J connectivity index is 1.98. The Morgan fingerprint density at radius 3 is 2.26 bits per heavy atom. The fourth-order valence-electron chi connectivity index (χ4n) is 2.17. The van der Waals surface area contributed by atoms with Crippen LogP contribution in [0.5, 0.6) is 0 Å². The van der Waals surface area contributed by atoms with Gasteiger partial charge in [0.1, 0.15) is 0 Å². The van der Waals surface area contributed by atoms with Crippen LogP contribution in [0.3, 0.4) is 0 Å². The van der Waals surface area contributed by atoms with Crippen LogP contribution < -0.4 is 10.9 Å². The first kappa shape index (κ1) is 17.3. The lowest BCUT2D eigenvalue weighted by Crippen LogP contribution is -2.42. The molecular weight excluding hydrogens is 335 g/mol. The van der Waals surface area contributed by atoms with Crippen LogP contribution in [-0.4, -0.2) is 11.8 Å². The average Bonchev–Trinajstić information content (AvgIpc) is 2.49. The predicted molar refractivity (Wildman–Crippen MR) is 91.7 cm³/mol. The van der Waals surface area contributed by atoms with Crippen LogP contribution in [0.2, 0.25) is 10.0 Å². The van der Waals surface area contributed by atoms with Crippen molar-refractivity contribution in [2.45, 2.75) is 20.3 Å². The van der Waals surface area contributed by atoms with E-state index >= 15 is 0 Å². The maximum atomic E-state index is 12.1. The molecular formula is C17H16Cl2N2O2. The SMILES string of the molecule is Cc1ccc(C(=O)NNC(=O)Cc2c(Cl)cccc2Cl)c(C)c1. The second-order valence-electron chi connectivity index (χ2n) is 5.20. The summed E-state index contributed by atoms with van der Waals surface area (Å²) in [5.41, 5.74) is 7.70. The van der Waals surface area contributed by atoms with Gasteiger partial charge in [-0.25, -0.2) is 0 Å². The summed E-state index contributed by atoms with van der Waals surface area (Å²) in [5, 5.41) is 0.821. The third-order valence-corrected chi connectivity index (χ3v) is 4.05. The maximum Gasteiger partial charge on any atom is 0.269 e. The lowest BCUT2D eigenvalue weighted by Gasteiger charge is -2.11. The van der Waals surface area contributed by atoms with E-state index in [4.69, 9.17) is 23.2 Å². The highest BCUT2D eigenvalue weighted by molar-refractivity contribution is 6.36. The summed E-state index contributed by atoms with van der Waals surface area (Å²) in [7, 11) is 0. The van der Waals surface area contributed by atoms with Crippen LogP contribution in [0.1, 0.15) is 27.0 Å². The zero-order valence-electron chi connectivity index (χ0n) is 12.7. The van der Waals surface area contributed by atoms with E-state index in [2.05, 4.69) is 10.9 Å². The van der Waals surface area contributed by atoms with E-state index in [0.29, 0.717) is 21.2 Å². The zero-order chi connectivity index (χ0) is 17.0. The molecule has 0 aromatic heterocycles. The molecule has 2 aromatic carbocycles. The molecule has 0 atom stereocenters. The van der Waals surface area contributed by atoms with Crippen LogP contribution in [-0.2, 0) is 11.2 Å². The average molecular weight is 351 g/mol. The molecule has 2 rings (SSSR count). The molecule has 0 radical (unpaired) electrons. The van der Waals surface area contributed by atoms with Crippen LogP contribution in [0.15, 0.2) is 36.4 Å². The molecule has 0 saturated heterocycles. The number of hydrazine groups is 1. The van der Waals surface area contributed by atoms with Crippen molar-refractivity contribution < 1.29 is 9.59 Å². The second kappa shape index (κ2) is 7.49. The van der Waals surface area contributed by atoms with Crippen molar-refractivity contribution >= 4 is 35.0 Å². The van der Waals surface area contributed by atoms with Gasteiger partial charge in [-0.05, 0) is 43.2 Å². The molecule has 6 heteroatoms. The van der Waals surface area contributed by atoms with Gasteiger partial charge in [0, 0.05) is 15.6 Å². The molecule has 0 aliphatic heterocycles. The van der Waals surface area contributed by atoms with Gasteiger partial charge < -0.3 is 0 Å². The molecule has 0 saturated carbocycles. The summed E-state index contributed by atoms with van der Waals surface area (Å²) in [4.78, 5) is 24.0. The molecule has 0 unspecified atom stereocenters. The van der Waals surface area contributed by atoms with Gasteiger partial charge >= 0.3 is 0 Å². The molecule has 4 nitrogen and oxygen atoms in total. The van der Waals surface area contributed by atoms with Gasteiger partial charge in [-0.2, -0.15) is 0 Å². The number of rotatable bonds is 3. The fourth-order valence-corrected chi connectivity index (χ4v) is 2.70. The zero-order valence-corrected chi connectivity index (χ0v) is 14.3. The number of amides is 2. The van der Waals surface area contributed by atoms with Crippen LogP contribution in [0.25, 0.3) is 0 Å². The molecule has 2 amide bonds. The van der Waals surface area contributed by atoms with Gasteiger partial charge in [0.2, 0.25) is 5.91 Å². The molecule has 0 spiro atoms. The number of hydrogen-bond acceptors (Lipinski definition) is 2. The Morgan fingerprint density at radius 2 is 1.65 bits per heavy atom. The minimum Gasteiger partial charge on any atom is -0.273 e. The van der Waals surface area contributed by atoms with E-state index in [0.717, 1.165) is 11.1 Å². The molecule has 0 aliphatic rings. The van der Waals surface area contributed by atoms with Gasteiger partial charge in [0.15, 0.2) is 0 Å². The molecule has 0 fully saturated rings. The molecule has 0 bridgehead atoms. The van der Waals surface area contributed by atoms with Gasteiger partial charge in [-0.15, -0.1) is 0 Å². The van der Waals surface area contributed by atoms with Gasteiger partial charge in [0.25, 0.3) is 5.91 Å². The number of benzene rings is 2. The van der Waals surface area contributed by atoms with E-state index in [-0.39, 0.29) is 12.3 Å². The Hall–Kier alpha value is -2.04. The van der Waals surface area contributed by atoms with E-state index in [1.807, 2.05) is 26.0 Å². The molecule has 0 heterocycles. The first-order valence-corrected chi connectivity index (χ1v) is 7.73. The monoisotopic (exact) mass is 350 g/mol. The van der Waals surface area contributed by atoms with E-state index in [1.54, 1.807) is 24.3 Å². The van der Waals surface area contributed by atoms with Gasteiger partial charge in [-0.1, -0.05) is 47.0 Å². The number of nitrogens with one attached hydrogen (secondary N) is 2. The predicted octanol–water partition coefficient (Wildman–Crippen LogP) is 3.61. The molecule has 23 heavy (non-hydrogen) atoms. The maximum absolute atomic E-state index is 12.1. The normalized spacial score (nSPS) is 10.3. The summed E-state index contributed by atoms with van der Waals surface area (Å²) in [6.45, 7) is 3.79. The fraction of sp³-hybridized carbons (Fsp3) is 0.176. The largest absolute Gasteiger partial charge is 0.273 e. The number of aryl methyl sites for hydroxylation is 2. The van der Waals surface area contributed by atoms with Crippen LogP contribution in [0.4, 0.5) is 0 Å². The summed E-state index contributed by atoms with van der Waals surface area (Å²) in [6, 6.07) is 10.5. The standard InChI is InChI=1S/C17H16Cl2N2O2/c1-10-6-7-12(11(2)8-10)17(23)21-20-16(22)9-13-14(18)4-3-5-15(13)19/h3-8H,9H2,1-2H3,(H,20,22)(H,21,23). The Labute approximate surface area is 144 Å². The number of hydrogen-bond donors (Lipinski definition) is 2. The summed E-state index contributed by atoms with van der Waals surface area (Å²) >= 11 is 12.0. The number of carbonyl (C=O) groups excluding carboxylic acids is 2. The van der Waals surface area contributed by atoms with Crippen molar-refractivity contribution in [1.29, 1.82) is 0 Å². The summed E-state index contributed by atoms with van der Waals surface area (Å²) in [5.74, 6) is -0.778. The lowest BCUT2D eigenvalue weighted by molar-refractivity contribution is -0.121. The quantitative estimate of drug-likeness (QED) is 0.830. The molecule has 2 aromatic rings. The minimum absolute atomic E-state index is 0.0222. The van der Waals surface area contributed by atoms with Crippen molar-refractivity contribution in [1.82, 2.24) is 10.9 Å². The lowest BCUT2D eigenvalue weighted by atomic mass is 10.1. The first-order valence-electron chi connectivity index (χ1n) is 6.98. The summed E-state index contributed by atoms with van der Waals surface area (Å²) < 4.78 is 0. The van der Waals surface area contributed by atoms with Crippen molar-refractivity contribution in [3.63, 3.8) is 0 Å². The van der Waals surface area contributed by atoms with Crippen molar-refractivity contribution in [3.8, 4) is 0 Å². The highest BCUT2D eigenvalue weighted by Gasteiger charge is 2.13. The van der Waals surface area contributed by atoms with E-state index < -0.39 is 5.91 Å². The second-order valence-corrected chi connectivity index (χ2v) is 6.01. The topological polar surface area (TPSA) is 58.2 Å². The molecule has 2 N–H and O–H groups in total. The summed E-state index contributed by atoms with van der Waals surface area (Å²) in [6.07, 6.45) is -0.0222. The smallest absolute Gasteiger partial charge is 0.269 e. The molecule has 120 valence electrons. The minimum atomic E-state index is -0.405. The number of carbonyl (C=O) groups is 2. The van der Waals surface area contributed by atoms with Gasteiger partial charge in [-0.3, -0.25) is 20.4 Å². The first-order chi connectivity index (χ1) is 10.9. The van der Waals surface area contributed by atoms with Crippen LogP contribution >= 0.6 is 23.2 Å². The highest BCUT2D eigenvalue weighted by Crippen LogP contribution is 2.24. The van der Waals surface area contributed by atoms with Crippen LogP contribution in [0, 0.1) is 13.8 Å². The van der Waals surface area contributed by atoms with E-state index in [9.17, 15) is 9.59 Å². The number of halogens is 2. The van der Waals surface area contributed by atoms with E-state index in [1.165, 1.54) is 0 Å². The third-order valence-electron chi connectivity index (χ3n) is 3.34. The third kappa shape index (κ3) is 4.47. The highest BCUT2D eigenvalue weighted by atomic mass is 35.5. The van der Waals surface area contributed by atoms with Crippen molar-refractivity contribution in [3.05, 3.63) is 68.7 Å². The van der Waals surface area contributed by atoms with Crippen molar-refractivity contribution in [2.75, 3.05) is 0 Å². The van der Waals surface area contributed by atoms with Crippen molar-refractivity contribution in [2.24, 2.45) is 0 Å².